The molecule has 0 saturated heterocycles. The van der Waals surface area contributed by atoms with E-state index in [4.69, 9.17) is 0 Å². The smallest absolute Gasteiger partial charge is 0.0596 e. The van der Waals surface area contributed by atoms with Crippen LogP contribution < -0.4 is 0 Å². The number of hydrogen-bond donors (Lipinski definition) is 1. The van der Waals surface area contributed by atoms with Crippen LogP contribution in [-0.2, 0) is 0 Å². The summed E-state index contributed by atoms with van der Waals surface area (Å²) in [7, 11) is 0. The summed E-state index contributed by atoms with van der Waals surface area (Å²) in [6.07, 6.45) is 13.9. The van der Waals surface area contributed by atoms with E-state index in [-0.39, 0.29) is 11.5 Å². The third-order valence-electron chi connectivity index (χ3n) is 9.23. The van der Waals surface area contributed by atoms with Crippen LogP contribution >= 0.6 is 0 Å². The molecule has 22 heavy (non-hydrogen) atoms. The van der Waals surface area contributed by atoms with Gasteiger partial charge in [-0.25, -0.2) is 0 Å². The van der Waals surface area contributed by atoms with Gasteiger partial charge < -0.3 is 5.11 Å². The van der Waals surface area contributed by atoms with E-state index < -0.39 is 0 Å². The van der Waals surface area contributed by atoms with Gasteiger partial charge in [0.1, 0.15) is 0 Å². The lowest BCUT2D eigenvalue weighted by Gasteiger charge is -2.62. The summed E-state index contributed by atoms with van der Waals surface area (Å²) in [4.78, 5) is 0. The summed E-state index contributed by atoms with van der Waals surface area (Å²) in [6, 6.07) is 0. The highest BCUT2D eigenvalue weighted by molar-refractivity contribution is 5.09. The van der Waals surface area contributed by atoms with Crippen molar-refractivity contribution >= 4 is 0 Å². The highest BCUT2D eigenvalue weighted by Crippen LogP contribution is 2.67. The van der Waals surface area contributed by atoms with Crippen LogP contribution in [0.5, 0.6) is 0 Å². The maximum atomic E-state index is 10.6. The molecule has 0 heterocycles. The Hall–Kier alpha value is -0.0400. The molecule has 126 valence electrons. The second kappa shape index (κ2) is 5.23. The van der Waals surface area contributed by atoms with E-state index in [1.807, 2.05) is 0 Å². The Labute approximate surface area is 137 Å². The third kappa shape index (κ3) is 1.93. The average molecular weight is 305 g/mol. The Balaban J connectivity index is 1.65. The molecule has 0 aromatic heterocycles. The van der Waals surface area contributed by atoms with Gasteiger partial charge in [-0.15, -0.1) is 0 Å². The minimum Gasteiger partial charge on any atom is -0.393 e. The highest BCUT2D eigenvalue weighted by atomic mass is 16.3. The highest BCUT2D eigenvalue weighted by Gasteiger charge is 2.60. The van der Waals surface area contributed by atoms with Gasteiger partial charge in [0.15, 0.2) is 0 Å². The zero-order valence-corrected chi connectivity index (χ0v) is 15.0. The molecule has 1 N–H and O–H groups in total. The Morgan fingerprint density at radius 1 is 0.955 bits per heavy atom. The molecule has 0 unspecified atom stereocenters. The van der Waals surface area contributed by atoms with Gasteiger partial charge in [-0.05, 0) is 98.2 Å². The lowest BCUT2D eigenvalue weighted by molar-refractivity contribution is -0.135. The second-order valence-electron chi connectivity index (χ2n) is 9.76. The summed E-state index contributed by atoms with van der Waals surface area (Å²) < 4.78 is 0. The summed E-state index contributed by atoms with van der Waals surface area (Å²) in [5, 5.41) is 10.6. The molecule has 0 amide bonds. The topological polar surface area (TPSA) is 20.2 Å². The van der Waals surface area contributed by atoms with Crippen LogP contribution in [0.2, 0.25) is 0 Å². The molecule has 0 aromatic carbocycles. The molecular formula is C21H36O. The van der Waals surface area contributed by atoms with Crippen molar-refractivity contribution in [2.45, 2.75) is 91.1 Å². The SMILES string of the molecule is CC[C@]12CC[C@@H](C)C[C@@H]1CC[C@H]1[C@@H]3CC[C@H](O)[C@@]3(C)CC[C@@H]12. The number of aliphatic hydroxyl groups excluding tert-OH is 1. The molecule has 4 saturated carbocycles. The fourth-order valence-electron chi connectivity index (χ4n) is 7.95. The van der Waals surface area contributed by atoms with Gasteiger partial charge >= 0.3 is 0 Å². The molecule has 1 heteroatoms. The Bertz CT molecular complexity index is 432. The second-order valence-corrected chi connectivity index (χ2v) is 9.76. The third-order valence-corrected chi connectivity index (χ3v) is 9.23. The molecule has 0 aliphatic heterocycles. The van der Waals surface area contributed by atoms with Gasteiger partial charge in [0.05, 0.1) is 6.10 Å². The molecule has 4 fully saturated rings. The predicted octanol–water partition coefficient (Wildman–Crippen LogP) is 5.42. The van der Waals surface area contributed by atoms with Crippen molar-refractivity contribution in [2.75, 3.05) is 0 Å². The van der Waals surface area contributed by atoms with E-state index in [0.717, 1.165) is 36.0 Å². The maximum Gasteiger partial charge on any atom is 0.0596 e. The van der Waals surface area contributed by atoms with Gasteiger partial charge in [0, 0.05) is 0 Å². The monoisotopic (exact) mass is 304 g/mol. The number of rotatable bonds is 1. The van der Waals surface area contributed by atoms with Crippen LogP contribution in [0.3, 0.4) is 0 Å². The lowest BCUT2D eigenvalue weighted by atomic mass is 9.43. The molecule has 0 spiro atoms. The molecule has 4 aliphatic carbocycles. The average Bonchev–Trinajstić information content (AvgIpc) is 2.82. The van der Waals surface area contributed by atoms with Crippen molar-refractivity contribution in [2.24, 2.45) is 40.4 Å². The van der Waals surface area contributed by atoms with Crippen molar-refractivity contribution < 1.29 is 5.11 Å². The number of aliphatic hydroxyl groups is 1. The first-order chi connectivity index (χ1) is 10.5. The maximum absolute atomic E-state index is 10.6. The van der Waals surface area contributed by atoms with E-state index in [1.165, 1.54) is 57.8 Å². The lowest BCUT2D eigenvalue weighted by Crippen LogP contribution is -2.54. The predicted molar refractivity (Wildman–Crippen MR) is 91.5 cm³/mol. The molecule has 0 radical (unpaired) electrons. The normalized spacial score (nSPS) is 57.8. The van der Waals surface area contributed by atoms with Gasteiger partial charge in [-0.3, -0.25) is 0 Å². The van der Waals surface area contributed by atoms with Crippen LogP contribution in [0.4, 0.5) is 0 Å². The van der Waals surface area contributed by atoms with Crippen LogP contribution in [0.1, 0.15) is 85.0 Å². The Morgan fingerprint density at radius 3 is 2.55 bits per heavy atom. The number of hydrogen-bond acceptors (Lipinski definition) is 1. The standard InChI is InChI=1S/C21H36O/c1-4-21-12-9-14(2)13-15(21)5-6-16-17-7-8-19(22)20(17,3)11-10-18(16)21/h14-19,22H,4-13H2,1-3H3/t14-,15+,16+,17+,18+,19+,20+,21+/m1/s1. The first-order valence-electron chi connectivity index (χ1n) is 10.2. The molecule has 0 bridgehead atoms. The van der Waals surface area contributed by atoms with E-state index in [2.05, 4.69) is 20.8 Å². The molecule has 8 atom stereocenters. The van der Waals surface area contributed by atoms with Crippen LogP contribution in [-0.4, -0.2) is 11.2 Å². The zero-order valence-electron chi connectivity index (χ0n) is 15.0. The Kier molecular flexibility index (Phi) is 3.68. The van der Waals surface area contributed by atoms with Crippen molar-refractivity contribution in [1.29, 1.82) is 0 Å². The number of fused-ring (bicyclic) bond motifs is 5. The fourth-order valence-corrected chi connectivity index (χ4v) is 7.95. The summed E-state index contributed by atoms with van der Waals surface area (Å²) >= 11 is 0. The van der Waals surface area contributed by atoms with Crippen LogP contribution in [0.15, 0.2) is 0 Å². The molecule has 1 nitrogen and oxygen atoms in total. The Morgan fingerprint density at radius 2 is 1.77 bits per heavy atom. The largest absolute Gasteiger partial charge is 0.393 e. The first-order valence-corrected chi connectivity index (χ1v) is 10.2. The van der Waals surface area contributed by atoms with Crippen molar-refractivity contribution in [3.8, 4) is 0 Å². The van der Waals surface area contributed by atoms with Gasteiger partial charge in [-0.2, -0.15) is 0 Å². The van der Waals surface area contributed by atoms with E-state index >= 15 is 0 Å². The molecular weight excluding hydrogens is 268 g/mol. The van der Waals surface area contributed by atoms with Gasteiger partial charge in [0.25, 0.3) is 0 Å². The summed E-state index contributed by atoms with van der Waals surface area (Å²) in [6.45, 7) is 7.39. The van der Waals surface area contributed by atoms with E-state index in [1.54, 1.807) is 0 Å². The van der Waals surface area contributed by atoms with Gasteiger partial charge in [0.2, 0.25) is 0 Å². The first kappa shape index (κ1) is 15.5. The fraction of sp³-hybridized carbons (Fsp3) is 1.00. The van der Waals surface area contributed by atoms with E-state index in [9.17, 15) is 5.11 Å². The van der Waals surface area contributed by atoms with Crippen LogP contribution in [0.25, 0.3) is 0 Å². The quantitative estimate of drug-likeness (QED) is 0.686. The van der Waals surface area contributed by atoms with Gasteiger partial charge in [-0.1, -0.05) is 27.2 Å². The van der Waals surface area contributed by atoms with Crippen molar-refractivity contribution in [1.82, 2.24) is 0 Å². The molecule has 0 aromatic rings. The minimum atomic E-state index is -0.0138. The summed E-state index contributed by atoms with van der Waals surface area (Å²) in [5.41, 5.74) is 0.926. The van der Waals surface area contributed by atoms with E-state index in [0.29, 0.717) is 5.41 Å². The minimum absolute atomic E-state index is 0.0138. The zero-order chi connectivity index (χ0) is 15.5. The van der Waals surface area contributed by atoms with Crippen molar-refractivity contribution in [3.63, 3.8) is 0 Å². The molecule has 4 rings (SSSR count). The van der Waals surface area contributed by atoms with Crippen molar-refractivity contribution in [3.05, 3.63) is 0 Å². The van der Waals surface area contributed by atoms with Crippen LogP contribution in [0, 0.1) is 40.4 Å². The summed E-state index contributed by atoms with van der Waals surface area (Å²) in [5.74, 6) is 4.71. The molecule has 4 aliphatic rings.